The zero-order valence-corrected chi connectivity index (χ0v) is 11.6. The van der Waals surface area contributed by atoms with Gasteiger partial charge in [0, 0.05) is 6.04 Å². The minimum atomic E-state index is -0.553. The summed E-state index contributed by atoms with van der Waals surface area (Å²) in [6.07, 6.45) is 0. The van der Waals surface area contributed by atoms with Gasteiger partial charge in [0.1, 0.15) is 12.4 Å². The second-order valence-corrected chi connectivity index (χ2v) is 4.54. The Bertz CT molecular complexity index is 486. The number of halogens is 1. The van der Waals surface area contributed by atoms with E-state index in [4.69, 9.17) is 0 Å². The quantitative estimate of drug-likeness (QED) is 0.785. The molecule has 0 bridgehead atoms. The Labute approximate surface area is 112 Å². The molecule has 0 saturated heterocycles. The van der Waals surface area contributed by atoms with E-state index >= 15 is 0 Å². The first-order valence-electron chi connectivity index (χ1n) is 6.01. The van der Waals surface area contributed by atoms with Crippen molar-refractivity contribution in [2.45, 2.75) is 26.8 Å². The molecule has 0 aliphatic carbocycles. The maximum atomic E-state index is 13.9. The number of carbonyl (C=O) groups excluding carboxylic acids is 2. The number of hydrogen-bond acceptors (Lipinski definition) is 3. The molecule has 19 heavy (non-hydrogen) atoms. The van der Waals surface area contributed by atoms with Crippen molar-refractivity contribution >= 4 is 11.9 Å². The molecular formula is C14H18FNO3. The zero-order valence-electron chi connectivity index (χ0n) is 11.6. The summed E-state index contributed by atoms with van der Waals surface area (Å²) in [5, 5.41) is 0. The highest BCUT2D eigenvalue weighted by molar-refractivity contribution is 5.96. The monoisotopic (exact) mass is 267 g/mol. The van der Waals surface area contributed by atoms with Gasteiger partial charge in [0.2, 0.25) is 0 Å². The maximum Gasteiger partial charge on any atom is 0.325 e. The van der Waals surface area contributed by atoms with Crippen LogP contribution in [0.2, 0.25) is 0 Å². The van der Waals surface area contributed by atoms with E-state index in [-0.39, 0.29) is 18.2 Å². The number of ether oxygens (including phenoxy) is 1. The lowest BCUT2D eigenvalue weighted by Gasteiger charge is -2.25. The fourth-order valence-electron chi connectivity index (χ4n) is 1.66. The Hall–Kier alpha value is -1.91. The lowest BCUT2D eigenvalue weighted by Crippen LogP contribution is -2.41. The molecule has 104 valence electrons. The molecule has 1 aromatic carbocycles. The van der Waals surface area contributed by atoms with Crippen LogP contribution in [0.4, 0.5) is 4.39 Å². The molecule has 0 aliphatic rings. The van der Waals surface area contributed by atoms with Gasteiger partial charge in [0.05, 0.1) is 12.7 Å². The van der Waals surface area contributed by atoms with Gasteiger partial charge in [0.25, 0.3) is 5.91 Å². The second kappa shape index (κ2) is 6.31. The summed E-state index contributed by atoms with van der Waals surface area (Å²) in [7, 11) is 1.25. The Morgan fingerprint density at radius 2 is 2.00 bits per heavy atom. The topological polar surface area (TPSA) is 46.6 Å². The predicted octanol–water partition coefficient (Wildman–Crippen LogP) is 2.16. The molecule has 1 amide bonds. The molecule has 1 aromatic rings. The number of carbonyl (C=O) groups is 2. The average molecular weight is 267 g/mol. The standard InChI is InChI=1S/C14H18FNO3/c1-9(2)16(8-12(17)19-4)14(18)11-7-5-6-10(3)13(11)15/h5-7,9H,8H2,1-4H3. The van der Waals surface area contributed by atoms with Crippen molar-refractivity contribution in [2.24, 2.45) is 0 Å². The minimum Gasteiger partial charge on any atom is -0.468 e. The van der Waals surface area contributed by atoms with Crippen molar-refractivity contribution in [3.05, 3.63) is 35.1 Å². The SMILES string of the molecule is COC(=O)CN(C(=O)c1cccc(C)c1F)C(C)C. The van der Waals surface area contributed by atoms with Crippen LogP contribution < -0.4 is 0 Å². The number of hydrogen-bond donors (Lipinski definition) is 0. The molecule has 0 radical (unpaired) electrons. The van der Waals surface area contributed by atoms with E-state index in [2.05, 4.69) is 4.74 Å². The van der Waals surface area contributed by atoms with E-state index in [1.54, 1.807) is 32.9 Å². The fraction of sp³-hybridized carbons (Fsp3) is 0.429. The van der Waals surface area contributed by atoms with E-state index in [0.717, 1.165) is 0 Å². The highest BCUT2D eigenvalue weighted by Gasteiger charge is 2.24. The molecule has 0 heterocycles. The van der Waals surface area contributed by atoms with Gasteiger partial charge >= 0.3 is 5.97 Å². The first kappa shape index (κ1) is 15.1. The Balaban J connectivity index is 3.06. The summed E-state index contributed by atoms with van der Waals surface area (Å²) >= 11 is 0. The third-order valence-corrected chi connectivity index (χ3v) is 2.83. The van der Waals surface area contributed by atoms with Crippen molar-refractivity contribution in [3.8, 4) is 0 Å². The van der Waals surface area contributed by atoms with Crippen LogP contribution >= 0.6 is 0 Å². The van der Waals surface area contributed by atoms with Gasteiger partial charge in [-0.15, -0.1) is 0 Å². The Morgan fingerprint density at radius 3 is 2.53 bits per heavy atom. The van der Waals surface area contributed by atoms with Crippen LogP contribution in [0.25, 0.3) is 0 Å². The van der Waals surface area contributed by atoms with Crippen LogP contribution in [0.5, 0.6) is 0 Å². The minimum absolute atomic E-state index is 0.0300. The average Bonchev–Trinajstić information content (AvgIpc) is 2.37. The van der Waals surface area contributed by atoms with E-state index < -0.39 is 17.7 Å². The van der Waals surface area contributed by atoms with Crippen molar-refractivity contribution in [3.63, 3.8) is 0 Å². The summed E-state index contributed by atoms with van der Waals surface area (Å²) in [6.45, 7) is 4.91. The Kier molecular flexibility index (Phi) is 5.03. The summed E-state index contributed by atoms with van der Waals surface area (Å²) in [6, 6.07) is 4.39. The van der Waals surface area contributed by atoms with Gasteiger partial charge in [0.15, 0.2) is 0 Å². The van der Waals surface area contributed by atoms with E-state index in [1.807, 2.05) is 0 Å². The van der Waals surface area contributed by atoms with Crippen molar-refractivity contribution in [1.82, 2.24) is 4.90 Å². The largest absolute Gasteiger partial charge is 0.468 e. The molecule has 0 unspecified atom stereocenters. The third-order valence-electron chi connectivity index (χ3n) is 2.83. The van der Waals surface area contributed by atoms with Gasteiger partial charge in [-0.05, 0) is 32.4 Å². The first-order valence-corrected chi connectivity index (χ1v) is 6.01. The molecular weight excluding hydrogens is 249 g/mol. The normalized spacial score (nSPS) is 10.4. The predicted molar refractivity (Wildman–Crippen MR) is 69.3 cm³/mol. The zero-order chi connectivity index (χ0) is 14.6. The van der Waals surface area contributed by atoms with Crippen LogP contribution in [0.15, 0.2) is 18.2 Å². The van der Waals surface area contributed by atoms with E-state index in [0.29, 0.717) is 5.56 Å². The first-order chi connectivity index (χ1) is 8.88. The van der Waals surface area contributed by atoms with Crippen LogP contribution in [0.3, 0.4) is 0 Å². The van der Waals surface area contributed by atoms with Crippen molar-refractivity contribution in [1.29, 1.82) is 0 Å². The fourth-order valence-corrected chi connectivity index (χ4v) is 1.66. The molecule has 0 N–H and O–H groups in total. The van der Waals surface area contributed by atoms with Gasteiger partial charge in [-0.1, -0.05) is 12.1 Å². The molecule has 5 heteroatoms. The van der Waals surface area contributed by atoms with E-state index in [9.17, 15) is 14.0 Å². The lowest BCUT2D eigenvalue weighted by molar-refractivity contribution is -0.141. The summed E-state index contributed by atoms with van der Waals surface area (Å²) in [5.74, 6) is -1.60. The Morgan fingerprint density at radius 1 is 1.37 bits per heavy atom. The summed E-state index contributed by atoms with van der Waals surface area (Å²) in [5.41, 5.74) is 0.366. The van der Waals surface area contributed by atoms with Crippen molar-refractivity contribution < 1.29 is 18.7 Å². The molecule has 0 spiro atoms. The number of aryl methyl sites for hydroxylation is 1. The number of esters is 1. The molecule has 4 nitrogen and oxygen atoms in total. The molecule has 1 rings (SSSR count). The van der Waals surface area contributed by atoms with Crippen LogP contribution in [0.1, 0.15) is 29.8 Å². The van der Waals surface area contributed by atoms with Crippen LogP contribution in [-0.4, -0.2) is 36.5 Å². The van der Waals surface area contributed by atoms with Crippen LogP contribution in [0, 0.1) is 12.7 Å². The van der Waals surface area contributed by atoms with Gasteiger partial charge < -0.3 is 9.64 Å². The molecule has 0 saturated carbocycles. The summed E-state index contributed by atoms with van der Waals surface area (Å²) in [4.78, 5) is 24.9. The highest BCUT2D eigenvalue weighted by atomic mass is 19.1. The highest BCUT2D eigenvalue weighted by Crippen LogP contribution is 2.15. The number of rotatable bonds is 4. The van der Waals surface area contributed by atoms with Crippen molar-refractivity contribution in [2.75, 3.05) is 13.7 Å². The lowest BCUT2D eigenvalue weighted by atomic mass is 10.1. The van der Waals surface area contributed by atoms with Gasteiger partial charge in [-0.25, -0.2) is 4.39 Å². The van der Waals surface area contributed by atoms with Gasteiger partial charge in [-0.3, -0.25) is 9.59 Å². The number of benzene rings is 1. The smallest absolute Gasteiger partial charge is 0.325 e. The third kappa shape index (κ3) is 3.53. The van der Waals surface area contributed by atoms with E-state index in [1.165, 1.54) is 18.1 Å². The molecule has 0 atom stereocenters. The maximum absolute atomic E-state index is 13.9. The second-order valence-electron chi connectivity index (χ2n) is 4.54. The molecule has 0 aromatic heterocycles. The van der Waals surface area contributed by atoms with Gasteiger partial charge in [-0.2, -0.15) is 0 Å². The summed E-state index contributed by atoms with van der Waals surface area (Å²) < 4.78 is 18.5. The number of methoxy groups -OCH3 is 1. The van der Waals surface area contributed by atoms with Crippen LogP contribution in [-0.2, 0) is 9.53 Å². The number of nitrogens with zero attached hydrogens (tertiary/aromatic N) is 1. The molecule has 0 fully saturated rings. The molecule has 0 aliphatic heterocycles. The number of amides is 1.